The minimum atomic E-state index is -0.0570. The van der Waals surface area contributed by atoms with Crippen molar-refractivity contribution in [2.24, 2.45) is 0 Å². The second-order valence-corrected chi connectivity index (χ2v) is 4.45. The second-order valence-electron chi connectivity index (χ2n) is 4.45. The van der Waals surface area contributed by atoms with E-state index in [4.69, 9.17) is 0 Å². The number of ketones is 2. The topological polar surface area (TPSA) is 34.1 Å². The average Bonchev–Trinajstić information content (AvgIpc) is 2.27. The Hall–Kier alpha value is -1.44. The molecule has 2 nitrogen and oxygen atoms in total. The van der Waals surface area contributed by atoms with E-state index in [1.807, 2.05) is 12.1 Å². The van der Waals surface area contributed by atoms with E-state index in [0.717, 1.165) is 24.8 Å². The smallest absolute Gasteiger partial charge is 0.170 e. The van der Waals surface area contributed by atoms with Crippen LogP contribution in [0.4, 0.5) is 0 Å². The van der Waals surface area contributed by atoms with Gasteiger partial charge in [-0.1, -0.05) is 18.2 Å². The molecule has 0 atom stereocenters. The molecule has 1 aliphatic carbocycles. The van der Waals surface area contributed by atoms with E-state index in [2.05, 4.69) is 6.07 Å². The number of benzene rings is 1. The predicted molar refractivity (Wildman–Crippen MR) is 62.7 cm³/mol. The van der Waals surface area contributed by atoms with Crippen LogP contribution >= 0.6 is 0 Å². The summed E-state index contributed by atoms with van der Waals surface area (Å²) in [6.45, 7) is 1.47. The molecule has 0 heterocycles. The summed E-state index contributed by atoms with van der Waals surface area (Å²) >= 11 is 0. The molecule has 0 fully saturated rings. The molecule has 16 heavy (non-hydrogen) atoms. The SMILES string of the molecule is CC(=O)CC(=O)c1cccc2c1CCCC2. The highest BCUT2D eigenvalue weighted by Gasteiger charge is 2.17. The number of carbonyl (C=O) groups is 2. The Bertz CT molecular complexity index is 432. The van der Waals surface area contributed by atoms with Crippen molar-refractivity contribution in [3.8, 4) is 0 Å². The number of hydrogen-bond acceptors (Lipinski definition) is 2. The summed E-state index contributed by atoms with van der Waals surface area (Å²) < 4.78 is 0. The Morgan fingerprint density at radius 3 is 2.69 bits per heavy atom. The summed E-state index contributed by atoms with van der Waals surface area (Å²) in [4.78, 5) is 22.9. The third kappa shape index (κ3) is 2.21. The van der Waals surface area contributed by atoms with Crippen LogP contribution in [0.25, 0.3) is 0 Å². The van der Waals surface area contributed by atoms with Gasteiger partial charge < -0.3 is 0 Å². The van der Waals surface area contributed by atoms with Crippen LogP contribution in [0.2, 0.25) is 0 Å². The average molecular weight is 216 g/mol. The molecule has 0 saturated carbocycles. The molecule has 0 bridgehead atoms. The fourth-order valence-corrected chi connectivity index (χ4v) is 2.36. The van der Waals surface area contributed by atoms with Gasteiger partial charge >= 0.3 is 0 Å². The number of fused-ring (bicyclic) bond motifs is 1. The molecule has 0 saturated heterocycles. The predicted octanol–water partition coefficient (Wildman–Crippen LogP) is 2.73. The number of hydrogen-bond donors (Lipinski definition) is 0. The van der Waals surface area contributed by atoms with E-state index in [9.17, 15) is 9.59 Å². The minimum absolute atomic E-state index is 0.0220. The lowest BCUT2D eigenvalue weighted by Gasteiger charge is -2.18. The van der Waals surface area contributed by atoms with Crippen molar-refractivity contribution in [2.45, 2.75) is 39.0 Å². The van der Waals surface area contributed by atoms with Crippen LogP contribution in [-0.2, 0) is 17.6 Å². The van der Waals surface area contributed by atoms with Gasteiger partial charge in [-0.15, -0.1) is 0 Å². The summed E-state index contributed by atoms with van der Waals surface area (Å²) in [5, 5.41) is 0. The van der Waals surface area contributed by atoms with Crippen molar-refractivity contribution in [3.05, 3.63) is 34.9 Å². The number of aryl methyl sites for hydroxylation is 1. The van der Waals surface area contributed by atoms with Gasteiger partial charge in [0, 0.05) is 5.56 Å². The highest BCUT2D eigenvalue weighted by atomic mass is 16.1. The first-order chi connectivity index (χ1) is 7.68. The van der Waals surface area contributed by atoms with Crippen LogP contribution in [0, 0.1) is 0 Å². The number of carbonyl (C=O) groups excluding carboxylic acids is 2. The molecular weight excluding hydrogens is 200 g/mol. The molecule has 0 aromatic heterocycles. The maximum Gasteiger partial charge on any atom is 0.170 e. The third-order valence-corrected chi connectivity index (χ3v) is 3.11. The van der Waals surface area contributed by atoms with E-state index in [-0.39, 0.29) is 18.0 Å². The van der Waals surface area contributed by atoms with Crippen molar-refractivity contribution >= 4 is 11.6 Å². The maximum atomic E-state index is 11.9. The zero-order valence-electron chi connectivity index (χ0n) is 9.58. The second kappa shape index (κ2) is 4.60. The molecule has 0 spiro atoms. The quantitative estimate of drug-likeness (QED) is 0.575. The van der Waals surface area contributed by atoms with Crippen molar-refractivity contribution in [1.82, 2.24) is 0 Å². The van der Waals surface area contributed by atoms with Gasteiger partial charge in [0.2, 0.25) is 0 Å². The molecule has 0 aliphatic heterocycles. The number of rotatable bonds is 3. The van der Waals surface area contributed by atoms with E-state index in [1.165, 1.54) is 24.5 Å². The van der Waals surface area contributed by atoms with Gasteiger partial charge in [-0.25, -0.2) is 0 Å². The molecule has 84 valence electrons. The summed E-state index contributed by atoms with van der Waals surface area (Å²) in [7, 11) is 0. The van der Waals surface area contributed by atoms with E-state index in [0.29, 0.717) is 0 Å². The van der Waals surface area contributed by atoms with Gasteiger partial charge in [-0.05, 0) is 43.7 Å². The van der Waals surface area contributed by atoms with E-state index in [1.54, 1.807) is 0 Å². The standard InChI is InChI=1S/C14H16O2/c1-10(15)9-14(16)13-8-4-6-11-5-2-3-7-12(11)13/h4,6,8H,2-3,5,7,9H2,1H3. The Morgan fingerprint density at radius 2 is 1.94 bits per heavy atom. The molecule has 0 unspecified atom stereocenters. The van der Waals surface area contributed by atoms with Crippen LogP contribution in [0.5, 0.6) is 0 Å². The molecule has 1 aliphatic rings. The largest absolute Gasteiger partial charge is 0.300 e. The lowest BCUT2D eigenvalue weighted by molar-refractivity contribution is -0.116. The Morgan fingerprint density at radius 1 is 1.19 bits per heavy atom. The van der Waals surface area contributed by atoms with Gasteiger partial charge in [-0.2, -0.15) is 0 Å². The van der Waals surface area contributed by atoms with Crippen molar-refractivity contribution < 1.29 is 9.59 Å². The first-order valence-corrected chi connectivity index (χ1v) is 5.82. The molecule has 2 rings (SSSR count). The van der Waals surface area contributed by atoms with Gasteiger partial charge in [0.05, 0.1) is 6.42 Å². The normalized spacial score (nSPS) is 14.3. The summed E-state index contributed by atoms with van der Waals surface area (Å²) in [6.07, 6.45) is 4.44. The van der Waals surface area contributed by atoms with Gasteiger partial charge in [0.1, 0.15) is 5.78 Å². The van der Waals surface area contributed by atoms with Gasteiger partial charge in [-0.3, -0.25) is 9.59 Å². The Kier molecular flexibility index (Phi) is 3.18. The van der Waals surface area contributed by atoms with E-state index >= 15 is 0 Å². The van der Waals surface area contributed by atoms with Gasteiger partial charge in [0.25, 0.3) is 0 Å². The highest BCUT2D eigenvalue weighted by molar-refractivity contribution is 6.08. The zero-order valence-corrected chi connectivity index (χ0v) is 9.58. The van der Waals surface area contributed by atoms with Crippen LogP contribution in [0.1, 0.15) is 47.7 Å². The third-order valence-electron chi connectivity index (χ3n) is 3.11. The fraction of sp³-hybridized carbons (Fsp3) is 0.429. The van der Waals surface area contributed by atoms with Crippen LogP contribution < -0.4 is 0 Å². The first kappa shape index (κ1) is 11.1. The molecule has 0 amide bonds. The Labute approximate surface area is 95.7 Å². The van der Waals surface area contributed by atoms with Crippen molar-refractivity contribution in [1.29, 1.82) is 0 Å². The lowest BCUT2D eigenvalue weighted by Crippen LogP contribution is -2.12. The number of Topliss-reactive ketones (excluding diaryl/α,β-unsaturated/α-hetero) is 2. The van der Waals surface area contributed by atoms with E-state index < -0.39 is 0 Å². The summed E-state index contributed by atoms with van der Waals surface area (Å²) in [6, 6.07) is 5.88. The molecule has 1 aromatic carbocycles. The zero-order chi connectivity index (χ0) is 11.5. The molecule has 0 radical (unpaired) electrons. The van der Waals surface area contributed by atoms with Crippen molar-refractivity contribution in [2.75, 3.05) is 0 Å². The molecular formula is C14H16O2. The van der Waals surface area contributed by atoms with Crippen LogP contribution in [0.15, 0.2) is 18.2 Å². The van der Waals surface area contributed by atoms with Gasteiger partial charge in [0.15, 0.2) is 5.78 Å². The minimum Gasteiger partial charge on any atom is -0.300 e. The molecule has 1 aromatic rings. The maximum absolute atomic E-state index is 11.9. The first-order valence-electron chi connectivity index (χ1n) is 5.82. The van der Waals surface area contributed by atoms with Crippen LogP contribution in [-0.4, -0.2) is 11.6 Å². The summed E-state index contributed by atoms with van der Waals surface area (Å²) in [5.41, 5.74) is 3.24. The fourth-order valence-electron chi connectivity index (χ4n) is 2.36. The van der Waals surface area contributed by atoms with Crippen molar-refractivity contribution in [3.63, 3.8) is 0 Å². The Balaban J connectivity index is 2.33. The lowest BCUT2D eigenvalue weighted by atomic mass is 9.86. The monoisotopic (exact) mass is 216 g/mol. The summed E-state index contributed by atoms with van der Waals surface area (Å²) in [5.74, 6) is -0.0790. The highest BCUT2D eigenvalue weighted by Crippen LogP contribution is 2.25. The van der Waals surface area contributed by atoms with Crippen LogP contribution in [0.3, 0.4) is 0 Å². The molecule has 2 heteroatoms. The molecule has 0 N–H and O–H groups in total.